The first kappa shape index (κ1) is 11.0. The molecule has 1 N–H and O–H groups in total. The quantitative estimate of drug-likeness (QED) is 0.737. The molecule has 0 amide bonds. The van der Waals surface area contributed by atoms with Gasteiger partial charge in [0.2, 0.25) is 0 Å². The summed E-state index contributed by atoms with van der Waals surface area (Å²) in [7, 11) is 0. The molecule has 0 aliphatic carbocycles. The molecule has 1 aromatic rings. The Labute approximate surface area is 86.9 Å². The lowest BCUT2D eigenvalue weighted by atomic mass is 10.2. The van der Waals surface area contributed by atoms with Gasteiger partial charge in [-0.15, -0.1) is 0 Å². The maximum atomic E-state index is 10.8. The van der Waals surface area contributed by atoms with Crippen LogP contribution in [0, 0.1) is 11.3 Å². The molecule has 0 radical (unpaired) electrons. The van der Waals surface area contributed by atoms with Crippen LogP contribution in [0.1, 0.15) is 23.2 Å². The second-order valence-corrected chi connectivity index (χ2v) is 2.79. The van der Waals surface area contributed by atoms with Gasteiger partial charge in [-0.25, -0.2) is 4.79 Å². The van der Waals surface area contributed by atoms with E-state index in [0.717, 1.165) is 0 Å². The van der Waals surface area contributed by atoms with Gasteiger partial charge in [-0.2, -0.15) is 5.26 Å². The number of carboxylic acid groups (broad SMARTS) is 1. The Morgan fingerprint density at radius 3 is 3.13 bits per heavy atom. The number of unbranched alkanes of at least 4 members (excludes halogenated alkanes) is 1. The molecule has 1 heterocycles. The summed E-state index contributed by atoms with van der Waals surface area (Å²) < 4.78 is 5.21. The van der Waals surface area contributed by atoms with Gasteiger partial charge in [-0.3, -0.25) is 4.98 Å². The Hall–Kier alpha value is -2.09. The summed E-state index contributed by atoms with van der Waals surface area (Å²) in [5, 5.41) is 17.1. The van der Waals surface area contributed by atoms with Crippen LogP contribution in [0.15, 0.2) is 18.5 Å². The largest absolute Gasteiger partial charge is 0.491 e. The summed E-state index contributed by atoms with van der Waals surface area (Å²) in [5.74, 6) is -0.810. The third kappa shape index (κ3) is 3.27. The van der Waals surface area contributed by atoms with Crippen LogP contribution >= 0.6 is 0 Å². The standard InChI is InChI=1S/C10H10N2O3/c11-4-1-2-6-15-9-7-12-5-3-8(9)10(13)14/h3,5,7H,1-2,6H2,(H,13,14). The number of pyridine rings is 1. The third-order valence-corrected chi connectivity index (χ3v) is 1.71. The lowest BCUT2D eigenvalue weighted by molar-refractivity contribution is 0.0692. The number of carboxylic acids is 1. The van der Waals surface area contributed by atoms with Crippen molar-refractivity contribution >= 4 is 5.97 Å². The molecule has 5 nitrogen and oxygen atoms in total. The first-order valence-corrected chi connectivity index (χ1v) is 4.42. The smallest absolute Gasteiger partial charge is 0.339 e. The van der Waals surface area contributed by atoms with Crippen LogP contribution in [0.4, 0.5) is 0 Å². The van der Waals surface area contributed by atoms with Crippen molar-refractivity contribution < 1.29 is 14.6 Å². The zero-order chi connectivity index (χ0) is 11.1. The number of carbonyl (C=O) groups is 1. The van der Waals surface area contributed by atoms with Crippen molar-refractivity contribution in [3.63, 3.8) is 0 Å². The van der Waals surface area contributed by atoms with E-state index in [2.05, 4.69) is 4.98 Å². The van der Waals surface area contributed by atoms with Gasteiger partial charge in [-0.05, 0) is 12.5 Å². The maximum absolute atomic E-state index is 10.8. The molecule has 0 atom stereocenters. The average molecular weight is 206 g/mol. The minimum absolute atomic E-state index is 0.0851. The molecule has 0 aliphatic heterocycles. The van der Waals surface area contributed by atoms with E-state index in [9.17, 15) is 4.79 Å². The highest BCUT2D eigenvalue weighted by molar-refractivity contribution is 5.90. The highest BCUT2D eigenvalue weighted by Crippen LogP contribution is 2.16. The van der Waals surface area contributed by atoms with E-state index < -0.39 is 5.97 Å². The van der Waals surface area contributed by atoms with E-state index in [4.69, 9.17) is 15.1 Å². The second kappa shape index (κ2) is 5.60. The van der Waals surface area contributed by atoms with Crippen molar-refractivity contribution in [2.75, 3.05) is 6.61 Å². The van der Waals surface area contributed by atoms with E-state index in [1.165, 1.54) is 18.5 Å². The van der Waals surface area contributed by atoms with Crippen molar-refractivity contribution in [3.8, 4) is 11.8 Å². The number of ether oxygens (including phenoxy) is 1. The molecule has 0 spiro atoms. The summed E-state index contributed by atoms with van der Waals surface area (Å²) in [6, 6.07) is 3.36. The molecular weight excluding hydrogens is 196 g/mol. The normalized spacial score (nSPS) is 9.27. The van der Waals surface area contributed by atoms with Gasteiger partial charge in [0.15, 0.2) is 5.75 Å². The van der Waals surface area contributed by atoms with Gasteiger partial charge < -0.3 is 9.84 Å². The molecule has 1 rings (SSSR count). The number of hydrogen-bond donors (Lipinski definition) is 1. The van der Waals surface area contributed by atoms with E-state index >= 15 is 0 Å². The number of nitriles is 1. The fraction of sp³-hybridized carbons (Fsp3) is 0.300. The van der Waals surface area contributed by atoms with Gasteiger partial charge in [0.25, 0.3) is 0 Å². The predicted molar refractivity (Wildman–Crippen MR) is 51.5 cm³/mol. The first-order chi connectivity index (χ1) is 7.25. The minimum Gasteiger partial charge on any atom is -0.491 e. The fourth-order valence-corrected chi connectivity index (χ4v) is 1.01. The van der Waals surface area contributed by atoms with Crippen molar-refractivity contribution in [2.24, 2.45) is 0 Å². The van der Waals surface area contributed by atoms with Gasteiger partial charge in [0.05, 0.1) is 18.9 Å². The van der Waals surface area contributed by atoms with Crippen LogP contribution in [-0.2, 0) is 0 Å². The van der Waals surface area contributed by atoms with Crippen molar-refractivity contribution in [2.45, 2.75) is 12.8 Å². The summed E-state index contributed by atoms with van der Waals surface area (Å²) >= 11 is 0. The molecule has 0 saturated carbocycles. The highest BCUT2D eigenvalue weighted by Gasteiger charge is 2.10. The number of hydrogen-bond acceptors (Lipinski definition) is 4. The molecule has 15 heavy (non-hydrogen) atoms. The van der Waals surface area contributed by atoms with Gasteiger partial charge in [0, 0.05) is 12.6 Å². The maximum Gasteiger partial charge on any atom is 0.339 e. The van der Waals surface area contributed by atoms with Crippen LogP contribution in [-0.4, -0.2) is 22.7 Å². The summed E-state index contributed by atoms with van der Waals surface area (Å²) in [6.45, 7) is 0.319. The highest BCUT2D eigenvalue weighted by atomic mass is 16.5. The molecule has 0 aliphatic rings. The first-order valence-electron chi connectivity index (χ1n) is 4.42. The van der Waals surface area contributed by atoms with Gasteiger partial charge in [0.1, 0.15) is 5.56 Å². The monoisotopic (exact) mass is 206 g/mol. The van der Waals surface area contributed by atoms with Crippen molar-refractivity contribution in [3.05, 3.63) is 24.0 Å². The third-order valence-electron chi connectivity index (χ3n) is 1.71. The number of rotatable bonds is 5. The molecule has 5 heteroatoms. The molecule has 0 bridgehead atoms. The van der Waals surface area contributed by atoms with E-state index in [1.54, 1.807) is 0 Å². The molecule has 0 fully saturated rings. The molecule has 78 valence electrons. The Morgan fingerprint density at radius 1 is 1.67 bits per heavy atom. The minimum atomic E-state index is -1.05. The Kier molecular flexibility index (Phi) is 4.10. The van der Waals surface area contributed by atoms with Crippen molar-refractivity contribution in [1.82, 2.24) is 4.98 Å². The van der Waals surface area contributed by atoms with E-state index in [-0.39, 0.29) is 11.3 Å². The lowest BCUT2D eigenvalue weighted by Crippen LogP contribution is -2.04. The van der Waals surface area contributed by atoms with E-state index in [0.29, 0.717) is 19.4 Å². The summed E-state index contributed by atoms with van der Waals surface area (Å²) in [6.07, 6.45) is 3.72. The topological polar surface area (TPSA) is 83.2 Å². The molecule has 0 saturated heterocycles. The molecule has 0 aromatic carbocycles. The number of aromatic carboxylic acids is 1. The van der Waals surface area contributed by atoms with Crippen molar-refractivity contribution in [1.29, 1.82) is 5.26 Å². The van der Waals surface area contributed by atoms with Crippen LogP contribution in [0.3, 0.4) is 0 Å². The summed E-state index contributed by atoms with van der Waals surface area (Å²) in [5.41, 5.74) is 0.0851. The average Bonchev–Trinajstić information content (AvgIpc) is 2.25. The number of nitrogens with zero attached hydrogens (tertiary/aromatic N) is 2. The molecule has 1 aromatic heterocycles. The van der Waals surface area contributed by atoms with Crippen LogP contribution in [0.2, 0.25) is 0 Å². The lowest BCUT2D eigenvalue weighted by Gasteiger charge is -2.06. The Morgan fingerprint density at radius 2 is 2.47 bits per heavy atom. The predicted octanol–water partition coefficient (Wildman–Crippen LogP) is 1.46. The molecule has 0 unspecified atom stereocenters. The van der Waals surface area contributed by atoms with E-state index in [1.807, 2.05) is 6.07 Å². The van der Waals surface area contributed by atoms with Gasteiger partial charge >= 0.3 is 5.97 Å². The number of aromatic nitrogens is 1. The second-order valence-electron chi connectivity index (χ2n) is 2.79. The van der Waals surface area contributed by atoms with Crippen LogP contribution in [0.25, 0.3) is 0 Å². The Balaban J connectivity index is 2.60. The SMILES string of the molecule is N#CCCCOc1cnccc1C(=O)O. The Bertz CT molecular complexity index is 384. The van der Waals surface area contributed by atoms with Crippen LogP contribution < -0.4 is 4.74 Å². The summed E-state index contributed by atoms with van der Waals surface area (Å²) in [4.78, 5) is 14.5. The van der Waals surface area contributed by atoms with Gasteiger partial charge in [-0.1, -0.05) is 0 Å². The van der Waals surface area contributed by atoms with Crippen LogP contribution in [0.5, 0.6) is 5.75 Å². The molecular formula is C10H10N2O3. The zero-order valence-corrected chi connectivity index (χ0v) is 8.01. The zero-order valence-electron chi connectivity index (χ0n) is 8.01. The fourth-order valence-electron chi connectivity index (χ4n) is 1.01.